The molecule has 2 fully saturated rings. The zero-order valence-electron chi connectivity index (χ0n) is 25.3. The first-order valence-electron chi connectivity index (χ1n) is 15.8. The lowest BCUT2D eigenvalue weighted by atomic mass is 9.85. The maximum atomic E-state index is 16.0. The van der Waals surface area contributed by atoms with Gasteiger partial charge in [0.15, 0.2) is 0 Å². The Kier molecular flexibility index (Phi) is 7.88. The minimum absolute atomic E-state index is 0.0772. The number of nitrogens with zero attached hydrogens (tertiary/aromatic N) is 4. The molecule has 1 atom stereocenters. The number of benzene rings is 1. The van der Waals surface area contributed by atoms with E-state index in [1.165, 1.54) is 11.6 Å². The standard InChI is InChI=1S/C34H44F3N5/c1-22-26-11-10-12-28(30(26)35)34(36,37)25-13-19-41(20-14-25)17-8-6-5-7-9-18-42-23(2)29(33(4)15-16-33)21-27-31(38-22)39-24(3)40-32(27)42/h10-12,21-22,25H,2,5-9,13-20H2,1,3-4H3,(H,38,39,40)/t22-/m1/s1. The fraction of sp³-hybridized carbons (Fsp3) is 0.588. The number of aromatic nitrogens is 2. The molecular formula is C34H44F3N5. The van der Waals surface area contributed by atoms with E-state index >= 15 is 13.2 Å². The molecule has 226 valence electrons. The number of nitrogens with one attached hydrogen (secondary N) is 1. The number of fused-ring (bicyclic) bond motifs is 9. The lowest BCUT2D eigenvalue weighted by Gasteiger charge is -2.36. The Bertz CT molecular complexity index is 1370. The number of alkyl halides is 2. The van der Waals surface area contributed by atoms with Crippen LogP contribution in [0.3, 0.4) is 0 Å². The number of hydrogen-bond donors (Lipinski definition) is 1. The monoisotopic (exact) mass is 579 g/mol. The van der Waals surface area contributed by atoms with E-state index in [0.29, 0.717) is 37.6 Å². The van der Waals surface area contributed by atoms with Crippen molar-refractivity contribution in [3.05, 3.63) is 64.4 Å². The maximum Gasteiger partial charge on any atom is 0.278 e. The molecule has 1 saturated heterocycles. The minimum atomic E-state index is -3.23. The Morgan fingerprint density at radius 1 is 0.976 bits per heavy atom. The summed E-state index contributed by atoms with van der Waals surface area (Å²) < 4.78 is 47.7. The van der Waals surface area contributed by atoms with Gasteiger partial charge >= 0.3 is 0 Å². The molecular weight excluding hydrogens is 535 g/mol. The van der Waals surface area contributed by atoms with Gasteiger partial charge in [-0.25, -0.2) is 23.1 Å². The third-order valence-corrected chi connectivity index (χ3v) is 10.0. The SMILES string of the molecule is C=C1C(C2(C)CC2)=Cc2c3nc(C)nc2N1CCCCCCCN1CCC(CC1)C(F)(F)c1cccc(c1F)[C@@H](C)N3. The van der Waals surface area contributed by atoms with E-state index in [0.717, 1.165) is 75.1 Å². The zero-order chi connectivity index (χ0) is 29.6. The molecule has 1 N–H and O–H groups in total. The van der Waals surface area contributed by atoms with Crippen LogP contribution in [0.15, 0.2) is 36.0 Å². The average Bonchev–Trinajstić information content (AvgIpc) is 3.71. The molecule has 1 aromatic heterocycles. The van der Waals surface area contributed by atoms with E-state index < -0.39 is 29.3 Å². The second kappa shape index (κ2) is 11.3. The number of aryl methyl sites for hydroxylation is 1. The molecule has 8 heteroatoms. The van der Waals surface area contributed by atoms with E-state index in [9.17, 15) is 0 Å². The van der Waals surface area contributed by atoms with Crippen molar-refractivity contribution in [1.82, 2.24) is 14.9 Å². The largest absolute Gasteiger partial charge is 0.363 e. The summed E-state index contributed by atoms with van der Waals surface area (Å²) in [7, 11) is 0. The summed E-state index contributed by atoms with van der Waals surface area (Å²) in [6.45, 7) is 13.5. The number of rotatable bonds is 1. The van der Waals surface area contributed by atoms with Gasteiger partial charge < -0.3 is 15.1 Å². The van der Waals surface area contributed by atoms with Crippen LogP contribution in [0.4, 0.5) is 24.8 Å². The Hall–Kier alpha value is -2.87. The number of piperidine rings is 1. The van der Waals surface area contributed by atoms with Crippen LogP contribution in [0.25, 0.3) is 6.08 Å². The van der Waals surface area contributed by atoms with Gasteiger partial charge in [-0.15, -0.1) is 0 Å². The van der Waals surface area contributed by atoms with Crippen molar-refractivity contribution in [2.45, 2.75) is 90.5 Å². The van der Waals surface area contributed by atoms with Crippen molar-refractivity contribution in [2.75, 3.05) is 36.4 Å². The maximum absolute atomic E-state index is 16.0. The van der Waals surface area contributed by atoms with E-state index in [1.807, 2.05) is 13.8 Å². The van der Waals surface area contributed by atoms with E-state index in [1.54, 1.807) is 12.1 Å². The molecule has 42 heavy (non-hydrogen) atoms. The highest BCUT2D eigenvalue weighted by atomic mass is 19.3. The Balaban J connectivity index is 1.40. The predicted molar refractivity (Wildman–Crippen MR) is 163 cm³/mol. The van der Waals surface area contributed by atoms with Crippen LogP contribution in [0, 0.1) is 24.1 Å². The lowest BCUT2D eigenvalue weighted by Crippen LogP contribution is -2.40. The Labute approximate surface area is 248 Å². The molecule has 4 aliphatic heterocycles. The molecule has 5 aliphatic rings. The van der Waals surface area contributed by atoms with E-state index in [4.69, 9.17) is 9.97 Å². The smallest absolute Gasteiger partial charge is 0.278 e. The minimum Gasteiger partial charge on any atom is -0.363 e. The van der Waals surface area contributed by atoms with Gasteiger partial charge in [-0.05, 0) is 89.1 Å². The summed E-state index contributed by atoms with van der Waals surface area (Å²) in [6.07, 6.45) is 10.6. The highest BCUT2D eigenvalue weighted by Gasteiger charge is 2.46. The van der Waals surface area contributed by atoms with Gasteiger partial charge in [0, 0.05) is 23.7 Å². The van der Waals surface area contributed by atoms with Crippen molar-refractivity contribution >= 4 is 17.7 Å². The molecule has 5 heterocycles. The number of hydrogen-bond acceptors (Lipinski definition) is 5. The summed E-state index contributed by atoms with van der Waals surface area (Å²) >= 11 is 0. The summed E-state index contributed by atoms with van der Waals surface area (Å²) in [5.41, 5.74) is 2.87. The van der Waals surface area contributed by atoms with Crippen LogP contribution in [-0.2, 0) is 5.92 Å². The van der Waals surface area contributed by atoms with Gasteiger partial charge in [0.25, 0.3) is 5.92 Å². The highest BCUT2D eigenvalue weighted by molar-refractivity contribution is 5.84. The van der Waals surface area contributed by atoms with Gasteiger partial charge in [-0.3, -0.25) is 0 Å². The van der Waals surface area contributed by atoms with Crippen molar-refractivity contribution in [3.63, 3.8) is 0 Å². The molecule has 1 aliphatic carbocycles. The molecule has 0 radical (unpaired) electrons. The fourth-order valence-electron chi connectivity index (χ4n) is 7.04. The molecule has 1 saturated carbocycles. The molecule has 8 bridgehead atoms. The van der Waals surface area contributed by atoms with Crippen LogP contribution >= 0.6 is 0 Å². The molecule has 2 aromatic rings. The molecule has 0 spiro atoms. The van der Waals surface area contributed by atoms with Crippen LogP contribution in [-0.4, -0.2) is 41.0 Å². The van der Waals surface area contributed by atoms with Crippen LogP contribution < -0.4 is 10.2 Å². The fourth-order valence-corrected chi connectivity index (χ4v) is 7.04. The first-order chi connectivity index (χ1) is 20.1. The summed E-state index contributed by atoms with van der Waals surface area (Å²) in [5.74, 6) is -2.91. The Morgan fingerprint density at radius 3 is 2.38 bits per heavy atom. The summed E-state index contributed by atoms with van der Waals surface area (Å²) in [6, 6.07) is 3.84. The van der Waals surface area contributed by atoms with Crippen molar-refractivity contribution in [1.29, 1.82) is 0 Å². The van der Waals surface area contributed by atoms with Gasteiger partial charge in [0.2, 0.25) is 0 Å². The number of allylic oxidation sites excluding steroid dienone is 1. The summed E-state index contributed by atoms with van der Waals surface area (Å²) in [4.78, 5) is 14.2. The van der Waals surface area contributed by atoms with E-state index in [2.05, 4.69) is 34.7 Å². The van der Waals surface area contributed by atoms with Gasteiger partial charge in [0.1, 0.15) is 23.3 Å². The van der Waals surface area contributed by atoms with Crippen LogP contribution in [0.1, 0.15) is 100 Å². The molecule has 0 amide bonds. The number of halogens is 3. The second-order valence-electron chi connectivity index (χ2n) is 13.2. The van der Waals surface area contributed by atoms with Crippen molar-refractivity contribution in [2.24, 2.45) is 11.3 Å². The quantitative estimate of drug-likeness (QED) is 0.368. The van der Waals surface area contributed by atoms with Gasteiger partial charge in [-0.1, -0.05) is 51.0 Å². The zero-order valence-corrected chi connectivity index (χ0v) is 25.3. The van der Waals surface area contributed by atoms with Gasteiger partial charge in [0.05, 0.1) is 17.2 Å². The molecule has 7 rings (SSSR count). The van der Waals surface area contributed by atoms with Crippen LogP contribution in [0.2, 0.25) is 0 Å². The molecule has 0 unspecified atom stereocenters. The average molecular weight is 580 g/mol. The third-order valence-electron chi connectivity index (χ3n) is 10.0. The predicted octanol–water partition coefficient (Wildman–Crippen LogP) is 8.38. The first-order valence-corrected chi connectivity index (χ1v) is 15.8. The van der Waals surface area contributed by atoms with Crippen molar-refractivity contribution < 1.29 is 13.2 Å². The lowest BCUT2D eigenvalue weighted by molar-refractivity contribution is -0.0880. The van der Waals surface area contributed by atoms with Crippen LogP contribution in [0.5, 0.6) is 0 Å². The normalized spacial score (nSPS) is 27.5. The number of anilines is 2. The summed E-state index contributed by atoms with van der Waals surface area (Å²) in [5, 5.41) is 3.40. The van der Waals surface area contributed by atoms with E-state index in [-0.39, 0.29) is 11.0 Å². The van der Waals surface area contributed by atoms with Crippen molar-refractivity contribution in [3.8, 4) is 0 Å². The Morgan fingerprint density at radius 2 is 1.67 bits per heavy atom. The highest BCUT2D eigenvalue weighted by Crippen LogP contribution is 2.56. The first kappa shape index (κ1) is 29.2. The topological polar surface area (TPSA) is 44.3 Å². The second-order valence-corrected chi connectivity index (χ2v) is 13.2. The third kappa shape index (κ3) is 5.47. The van der Waals surface area contributed by atoms with Gasteiger partial charge in [-0.2, -0.15) is 0 Å². The molecule has 5 nitrogen and oxygen atoms in total. The molecule has 1 aromatic carbocycles.